The third-order valence-corrected chi connectivity index (χ3v) is 6.32. The number of carbonyl (C=O) groups excluding carboxylic acids is 3. The average Bonchev–Trinajstić information content (AvgIpc) is 3.57. The van der Waals surface area contributed by atoms with Crippen LogP contribution in [-0.4, -0.2) is 42.2 Å². The van der Waals surface area contributed by atoms with E-state index >= 15 is 0 Å². The molecule has 1 aromatic heterocycles. The first-order valence-electron chi connectivity index (χ1n) is 11.9. The number of hydrogen-bond donors (Lipinski definition) is 3. The van der Waals surface area contributed by atoms with E-state index in [4.69, 9.17) is 25.8 Å². The summed E-state index contributed by atoms with van der Waals surface area (Å²) in [5, 5.41) is 6.85. The van der Waals surface area contributed by atoms with Crippen LogP contribution in [-0.2, 0) is 27.3 Å². The van der Waals surface area contributed by atoms with Crippen LogP contribution >= 0.6 is 11.6 Å². The zero-order chi connectivity index (χ0) is 26.5. The number of amides is 2. The summed E-state index contributed by atoms with van der Waals surface area (Å²) in [7, 11) is 0. The maximum Gasteiger partial charge on any atom is 0.329 e. The Labute approximate surface area is 223 Å². The molecule has 3 aromatic carbocycles. The van der Waals surface area contributed by atoms with Gasteiger partial charge in [-0.15, -0.1) is 0 Å². The summed E-state index contributed by atoms with van der Waals surface area (Å²) in [6.45, 7) is -0.112. The number of aromatic amines is 1. The van der Waals surface area contributed by atoms with E-state index in [-0.39, 0.29) is 19.8 Å². The van der Waals surface area contributed by atoms with E-state index in [1.165, 1.54) is 0 Å². The van der Waals surface area contributed by atoms with Crippen molar-refractivity contribution in [3.8, 4) is 11.5 Å². The van der Waals surface area contributed by atoms with Crippen LogP contribution < -0.4 is 20.1 Å². The minimum absolute atomic E-state index is 0.162. The Balaban J connectivity index is 1.23. The van der Waals surface area contributed by atoms with Crippen LogP contribution in [0.4, 0.5) is 0 Å². The van der Waals surface area contributed by atoms with E-state index in [1.807, 2.05) is 30.3 Å². The van der Waals surface area contributed by atoms with E-state index in [9.17, 15) is 14.4 Å². The fourth-order valence-electron chi connectivity index (χ4n) is 4.10. The maximum absolute atomic E-state index is 13.1. The Morgan fingerprint density at radius 3 is 2.63 bits per heavy atom. The molecule has 0 radical (unpaired) electrons. The van der Waals surface area contributed by atoms with E-state index in [1.54, 1.807) is 42.6 Å². The number of fused-ring (bicyclic) bond motifs is 2. The van der Waals surface area contributed by atoms with Crippen LogP contribution in [0.1, 0.15) is 21.5 Å². The lowest BCUT2D eigenvalue weighted by Crippen LogP contribution is -2.44. The van der Waals surface area contributed by atoms with E-state index in [2.05, 4.69) is 15.6 Å². The van der Waals surface area contributed by atoms with Crippen LogP contribution in [0, 0.1) is 0 Å². The molecule has 38 heavy (non-hydrogen) atoms. The molecule has 194 valence electrons. The number of hydrogen-bond acceptors (Lipinski definition) is 6. The van der Waals surface area contributed by atoms with Gasteiger partial charge in [-0.05, 0) is 53.6 Å². The lowest BCUT2D eigenvalue weighted by molar-refractivity contribution is -0.150. The summed E-state index contributed by atoms with van der Waals surface area (Å²) in [4.78, 5) is 41.5. The molecule has 4 aromatic rings. The molecule has 10 heteroatoms. The minimum Gasteiger partial charge on any atom is -0.454 e. The van der Waals surface area contributed by atoms with Crippen LogP contribution in [0.25, 0.3) is 10.9 Å². The quantitative estimate of drug-likeness (QED) is 0.282. The number of esters is 1. The Kier molecular flexibility index (Phi) is 7.46. The van der Waals surface area contributed by atoms with Crippen LogP contribution in [0.2, 0.25) is 5.02 Å². The number of halogens is 1. The summed E-state index contributed by atoms with van der Waals surface area (Å²) in [5.41, 5.74) is 2.88. The highest BCUT2D eigenvalue weighted by Gasteiger charge is 2.25. The van der Waals surface area contributed by atoms with Gasteiger partial charge in [-0.2, -0.15) is 0 Å². The molecule has 0 fully saturated rings. The van der Waals surface area contributed by atoms with Crippen molar-refractivity contribution in [3.63, 3.8) is 0 Å². The van der Waals surface area contributed by atoms with Crippen molar-refractivity contribution < 1.29 is 28.6 Å². The second kappa shape index (κ2) is 11.3. The number of carbonyl (C=O) groups is 3. The second-order valence-corrected chi connectivity index (χ2v) is 9.11. The molecule has 0 saturated carbocycles. The van der Waals surface area contributed by atoms with Crippen LogP contribution in [0.15, 0.2) is 72.9 Å². The largest absolute Gasteiger partial charge is 0.454 e. The zero-order valence-electron chi connectivity index (χ0n) is 20.2. The monoisotopic (exact) mass is 533 g/mol. The van der Waals surface area contributed by atoms with Gasteiger partial charge in [0.25, 0.3) is 11.8 Å². The lowest BCUT2D eigenvalue weighted by atomic mass is 10.0. The molecular weight excluding hydrogens is 510 g/mol. The van der Waals surface area contributed by atoms with Crippen molar-refractivity contribution >= 4 is 40.3 Å². The van der Waals surface area contributed by atoms with Gasteiger partial charge >= 0.3 is 5.97 Å². The summed E-state index contributed by atoms with van der Waals surface area (Å²) < 4.78 is 15.9. The molecular formula is C28H24ClN3O6. The molecule has 0 unspecified atom stereocenters. The first-order valence-corrected chi connectivity index (χ1v) is 12.3. The Hall–Kier alpha value is -4.50. The normalized spacial score (nSPS) is 12.7. The molecule has 2 amide bonds. The number of rotatable bonds is 9. The Bertz CT molecular complexity index is 1480. The molecule has 3 N–H and O–H groups in total. The van der Waals surface area contributed by atoms with Crippen molar-refractivity contribution in [2.45, 2.75) is 19.0 Å². The molecule has 0 bridgehead atoms. The van der Waals surface area contributed by atoms with Gasteiger partial charge in [0.05, 0.1) is 0 Å². The van der Waals surface area contributed by atoms with Gasteiger partial charge in [0.15, 0.2) is 18.1 Å². The molecule has 9 nitrogen and oxygen atoms in total. The summed E-state index contributed by atoms with van der Waals surface area (Å²) in [6.07, 6.45) is 1.96. The topological polar surface area (TPSA) is 119 Å². The Morgan fingerprint density at radius 2 is 1.79 bits per heavy atom. The third-order valence-electron chi connectivity index (χ3n) is 6.07. The SMILES string of the molecule is O=C(COC(=O)[C@H](Cc1c[nH]c2ccccc12)NC(=O)c1ccc(Cl)cc1)NCc1ccc2c(c1)OCO2. The highest BCUT2D eigenvalue weighted by Crippen LogP contribution is 2.32. The smallest absolute Gasteiger partial charge is 0.329 e. The van der Waals surface area contributed by atoms with E-state index in [0.29, 0.717) is 22.1 Å². The van der Waals surface area contributed by atoms with Crippen molar-refractivity contribution in [1.29, 1.82) is 0 Å². The molecule has 1 atom stereocenters. The van der Waals surface area contributed by atoms with Crippen molar-refractivity contribution in [2.75, 3.05) is 13.4 Å². The number of nitrogens with one attached hydrogen (secondary N) is 3. The van der Waals surface area contributed by atoms with Crippen molar-refractivity contribution in [1.82, 2.24) is 15.6 Å². The fourth-order valence-corrected chi connectivity index (χ4v) is 4.22. The average molecular weight is 534 g/mol. The standard InChI is InChI=1S/C28H24ClN3O6/c29-20-8-6-18(7-9-20)27(34)32-23(12-19-14-30-22-4-2-1-3-21(19)22)28(35)36-15-26(33)31-13-17-5-10-24-25(11-17)38-16-37-24/h1-11,14,23,30H,12-13,15-16H2,(H,31,33)(H,32,34)/t23-/m0/s1. The summed E-state index contributed by atoms with van der Waals surface area (Å²) in [5.74, 6) is -0.409. The first kappa shape index (κ1) is 25.2. The predicted molar refractivity (Wildman–Crippen MR) is 140 cm³/mol. The maximum atomic E-state index is 13.1. The third kappa shape index (κ3) is 5.90. The van der Waals surface area contributed by atoms with Crippen LogP contribution in [0.3, 0.4) is 0 Å². The van der Waals surface area contributed by atoms with Gasteiger partial charge in [0.2, 0.25) is 6.79 Å². The second-order valence-electron chi connectivity index (χ2n) is 8.67. The highest BCUT2D eigenvalue weighted by atomic mass is 35.5. The number of ether oxygens (including phenoxy) is 3. The first-order chi connectivity index (χ1) is 18.5. The van der Waals surface area contributed by atoms with Crippen LogP contribution in [0.5, 0.6) is 11.5 Å². The van der Waals surface area contributed by atoms with Gasteiger partial charge in [-0.3, -0.25) is 9.59 Å². The summed E-state index contributed by atoms with van der Waals surface area (Å²) >= 11 is 5.92. The molecule has 1 aliphatic rings. The molecule has 0 saturated heterocycles. The zero-order valence-corrected chi connectivity index (χ0v) is 20.9. The van der Waals surface area contributed by atoms with Gasteiger partial charge in [-0.1, -0.05) is 35.9 Å². The fraction of sp³-hybridized carbons (Fsp3) is 0.179. The van der Waals surface area contributed by atoms with Crippen molar-refractivity contribution in [2.24, 2.45) is 0 Å². The Morgan fingerprint density at radius 1 is 1.00 bits per heavy atom. The highest BCUT2D eigenvalue weighted by molar-refractivity contribution is 6.30. The number of aromatic nitrogens is 1. The molecule has 1 aliphatic heterocycles. The van der Waals surface area contributed by atoms with Gasteiger partial charge in [0, 0.05) is 40.7 Å². The van der Waals surface area contributed by atoms with E-state index in [0.717, 1.165) is 22.0 Å². The van der Waals surface area contributed by atoms with Gasteiger partial charge < -0.3 is 29.8 Å². The number of H-pyrrole nitrogens is 1. The predicted octanol–water partition coefficient (Wildman–Crippen LogP) is 3.75. The molecule has 0 spiro atoms. The van der Waals surface area contributed by atoms with Crippen molar-refractivity contribution in [3.05, 3.63) is 94.6 Å². The molecule has 5 rings (SSSR count). The minimum atomic E-state index is -1.03. The summed E-state index contributed by atoms with van der Waals surface area (Å²) in [6, 6.07) is 18.3. The van der Waals surface area contributed by atoms with E-state index < -0.39 is 30.4 Å². The van der Waals surface area contributed by atoms with Gasteiger partial charge in [-0.25, -0.2) is 4.79 Å². The molecule has 0 aliphatic carbocycles. The number of para-hydroxylation sites is 1. The molecule has 2 heterocycles. The lowest BCUT2D eigenvalue weighted by Gasteiger charge is -2.18. The number of benzene rings is 3. The van der Waals surface area contributed by atoms with Gasteiger partial charge in [0.1, 0.15) is 6.04 Å².